The van der Waals surface area contributed by atoms with Gasteiger partial charge >= 0.3 is 0 Å². The van der Waals surface area contributed by atoms with Gasteiger partial charge < -0.3 is 15.5 Å². The van der Waals surface area contributed by atoms with Crippen molar-refractivity contribution >= 4 is 28.9 Å². The Morgan fingerprint density at radius 2 is 2.14 bits per heavy atom. The van der Waals surface area contributed by atoms with E-state index < -0.39 is 0 Å². The first-order valence-corrected chi connectivity index (χ1v) is 7.37. The molecule has 5 heteroatoms. The number of nitrogens with zero attached hydrogens (tertiary/aromatic N) is 1. The van der Waals surface area contributed by atoms with Crippen LogP contribution in [0.25, 0.3) is 0 Å². The van der Waals surface area contributed by atoms with Crippen molar-refractivity contribution in [3.8, 4) is 0 Å². The second-order valence-corrected chi connectivity index (χ2v) is 6.58. The minimum atomic E-state index is -0.339. The summed E-state index contributed by atoms with van der Waals surface area (Å²) in [6, 6.07) is 3.48. The number of hydrogen-bond donors (Lipinski definition) is 2. The molecular weight excluding hydrogens is 286 g/mol. The van der Waals surface area contributed by atoms with Gasteiger partial charge in [-0.2, -0.15) is 0 Å². The number of halogens is 1. The summed E-state index contributed by atoms with van der Waals surface area (Å²) in [5.41, 5.74) is 2.51. The maximum absolute atomic E-state index is 11.9. The lowest BCUT2D eigenvalue weighted by molar-refractivity contribution is -0.117. The molecule has 21 heavy (non-hydrogen) atoms. The molecular formula is C16H22ClN3O. The predicted octanol–water partition coefficient (Wildman–Crippen LogP) is 3.34. The predicted molar refractivity (Wildman–Crippen MR) is 89.2 cm³/mol. The van der Waals surface area contributed by atoms with Crippen LogP contribution in [0.15, 0.2) is 24.8 Å². The number of hydrogen-bond acceptors (Lipinski definition) is 3. The van der Waals surface area contributed by atoms with E-state index in [2.05, 4.69) is 42.9 Å². The molecule has 1 aliphatic heterocycles. The molecule has 1 aromatic carbocycles. The average molecular weight is 308 g/mol. The maximum Gasteiger partial charge on any atom is 0.246 e. The number of anilines is 2. The van der Waals surface area contributed by atoms with Crippen molar-refractivity contribution in [1.29, 1.82) is 0 Å². The minimum Gasteiger partial charge on any atom is -0.362 e. The van der Waals surface area contributed by atoms with Crippen LogP contribution in [0.1, 0.15) is 32.4 Å². The van der Waals surface area contributed by atoms with Crippen LogP contribution in [0.3, 0.4) is 0 Å². The van der Waals surface area contributed by atoms with E-state index >= 15 is 0 Å². The van der Waals surface area contributed by atoms with Gasteiger partial charge in [-0.05, 0) is 40.0 Å². The molecule has 1 unspecified atom stereocenters. The van der Waals surface area contributed by atoms with Crippen LogP contribution in [0.2, 0.25) is 5.02 Å². The summed E-state index contributed by atoms with van der Waals surface area (Å²) >= 11 is 6.47. The Balaban J connectivity index is 2.50. The number of nitrogens with one attached hydrogen (secondary N) is 2. The van der Waals surface area contributed by atoms with Crippen LogP contribution in [0.4, 0.5) is 11.4 Å². The molecule has 0 saturated carbocycles. The molecule has 0 fully saturated rings. The first-order chi connectivity index (χ1) is 9.79. The van der Waals surface area contributed by atoms with E-state index in [9.17, 15) is 4.79 Å². The zero-order chi connectivity index (χ0) is 15.8. The third kappa shape index (κ3) is 2.92. The standard InChI is InChI=1S/C16H22ClN3O/c1-6-7-20(16(2,3)4)13-9-12-10(8-11(13)17)14(18-5)15(21)19-12/h6,8-9,14,18H,1,7H2,2-5H3,(H,19,21). The van der Waals surface area contributed by atoms with E-state index in [4.69, 9.17) is 11.6 Å². The van der Waals surface area contributed by atoms with Crippen molar-refractivity contribution in [1.82, 2.24) is 5.32 Å². The molecule has 1 heterocycles. The molecule has 2 rings (SSSR count). The van der Waals surface area contributed by atoms with Crippen LogP contribution in [-0.4, -0.2) is 25.0 Å². The fourth-order valence-electron chi connectivity index (χ4n) is 2.63. The van der Waals surface area contributed by atoms with E-state index in [-0.39, 0.29) is 17.5 Å². The molecule has 0 spiro atoms. The molecule has 0 saturated heterocycles. The van der Waals surface area contributed by atoms with Gasteiger partial charge in [0.1, 0.15) is 6.04 Å². The smallest absolute Gasteiger partial charge is 0.246 e. The monoisotopic (exact) mass is 307 g/mol. The average Bonchev–Trinajstić information content (AvgIpc) is 2.68. The van der Waals surface area contributed by atoms with Crippen molar-refractivity contribution in [2.75, 3.05) is 23.8 Å². The number of carbonyl (C=O) groups is 1. The Morgan fingerprint density at radius 3 is 2.67 bits per heavy atom. The summed E-state index contributed by atoms with van der Waals surface area (Å²) in [6.07, 6.45) is 1.85. The zero-order valence-corrected chi connectivity index (χ0v) is 13.7. The number of fused-ring (bicyclic) bond motifs is 1. The maximum atomic E-state index is 11.9. The molecule has 0 bridgehead atoms. The lowest BCUT2D eigenvalue weighted by Crippen LogP contribution is -2.41. The number of benzene rings is 1. The molecule has 4 nitrogen and oxygen atoms in total. The summed E-state index contributed by atoms with van der Waals surface area (Å²) in [5.74, 6) is -0.0493. The van der Waals surface area contributed by atoms with Crippen LogP contribution in [-0.2, 0) is 4.79 Å². The number of likely N-dealkylation sites (N-methyl/N-ethyl adjacent to an activating group) is 1. The molecule has 0 aromatic heterocycles. The Bertz CT molecular complexity index is 578. The van der Waals surface area contributed by atoms with Crippen molar-refractivity contribution in [2.45, 2.75) is 32.4 Å². The third-order valence-electron chi connectivity index (χ3n) is 3.65. The molecule has 1 amide bonds. The van der Waals surface area contributed by atoms with E-state index in [1.165, 1.54) is 0 Å². The highest BCUT2D eigenvalue weighted by Gasteiger charge is 2.32. The van der Waals surface area contributed by atoms with E-state index in [1.54, 1.807) is 7.05 Å². The van der Waals surface area contributed by atoms with Gasteiger partial charge in [0, 0.05) is 23.3 Å². The highest BCUT2D eigenvalue weighted by atomic mass is 35.5. The molecule has 1 aliphatic rings. The molecule has 0 aliphatic carbocycles. The molecule has 114 valence electrons. The highest BCUT2D eigenvalue weighted by molar-refractivity contribution is 6.33. The number of carbonyl (C=O) groups excluding carboxylic acids is 1. The molecule has 1 atom stereocenters. The number of rotatable bonds is 4. The fourth-order valence-corrected chi connectivity index (χ4v) is 2.90. The minimum absolute atomic E-state index is 0.0493. The van der Waals surface area contributed by atoms with Crippen LogP contribution in [0, 0.1) is 0 Å². The third-order valence-corrected chi connectivity index (χ3v) is 3.95. The summed E-state index contributed by atoms with van der Waals surface area (Å²) in [4.78, 5) is 14.1. The van der Waals surface area contributed by atoms with Gasteiger partial charge in [-0.15, -0.1) is 6.58 Å². The van der Waals surface area contributed by atoms with Gasteiger partial charge in [0.05, 0.1) is 10.7 Å². The van der Waals surface area contributed by atoms with E-state index in [1.807, 2.05) is 18.2 Å². The van der Waals surface area contributed by atoms with Gasteiger partial charge in [0.15, 0.2) is 0 Å². The Labute approximate surface area is 131 Å². The van der Waals surface area contributed by atoms with Crippen molar-refractivity contribution in [3.05, 3.63) is 35.4 Å². The Hall–Kier alpha value is -1.52. The topological polar surface area (TPSA) is 44.4 Å². The van der Waals surface area contributed by atoms with Gasteiger partial charge in [0.2, 0.25) is 5.91 Å². The first-order valence-electron chi connectivity index (χ1n) is 6.99. The summed E-state index contributed by atoms with van der Waals surface area (Å²) in [5, 5.41) is 6.54. The SMILES string of the molecule is C=CCN(c1cc2c(cc1Cl)C(NC)C(=O)N2)C(C)(C)C. The highest BCUT2D eigenvalue weighted by Crippen LogP contribution is 2.40. The second kappa shape index (κ2) is 5.70. The lowest BCUT2D eigenvalue weighted by Gasteiger charge is -2.37. The molecule has 1 aromatic rings. The Morgan fingerprint density at radius 1 is 1.48 bits per heavy atom. The second-order valence-electron chi connectivity index (χ2n) is 6.17. The van der Waals surface area contributed by atoms with E-state index in [0.717, 1.165) is 16.9 Å². The Kier molecular flexibility index (Phi) is 4.30. The van der Waals surface area contributed by atoms with Gasteiger partial charge in [-0.25, -0.2) is 0 Å². The fraction of sp³-hybridized carbons (Fsp3) is 0.438. The summed E-state index contributed by atoms with van der Waals surface area (Å²) < 4.78 is 0. The summed E-state index contributed by atoms with van der Waals surface area (Å²) in [7, 11) is 1.76. The molecule has 0 radical (unpaired) electrons. The quantitative estimate of drug-likeness (QED) is 0.839. The van der Waals surface area contributed by atoms with Gasteiger partial charge in [0.25, 0.3) is 0 Å². The van der Waals surface area contributed by atoms with Gasteiger partial charge in [-0.3, -0.25) is 4.79 Å². The summed E-state index contributed by atoms with van der Waals surface area (Å²) in [6.45, 7) is 10.9. The number of amides is 1. The van der Waals surface area contributed by atoms with Crippen molar-refractivity contribution in [2.24, 2.45) is 0 Å². The van der Waals surface area contributed by atoms with Gasteiger partial charge in [-0.1, -0.05) is 17.7 Å². The van der Waals surface area contributed by atoms with Crippen molar-refractivity contribution in [3.63, 3.8) is 0 Å². The first kappa shape index (κ1) is 15.9. The van der Waals surface area contributed by atoms with Crippen molar-refractivity contribution < 1.29 is 4.79 Å². The van der Waals surface area contributed by atoms with Crippen LogP contribution >= 0.6 is 11.6 Å². The van der Waals surface area contributed by atoms with E-state index in [0.29, 0.717) is 11.6 Å². The molecule has 2 N–H and O–H groups in total. The van der Waals surface area contributed by atoms with Crippen LogP contribution in [0.5, 0.6) is 0 Å². The van der Waals surface area contributed by atoms with Crippen LogP contribution < -0.4 is 15.5 Å². The normalized spacial score (nSPS) is 17.4. The lowest BCUT2D eigenvalue weighted by atomic mass is 10.0. The zero-order valence-electron chi connectivity index (χ0n) is 13.0. The largest absolute Gasteiger partial charge is 0.362 e.